The summed E-state index contributed by atoms with van der Waals surface area (Å²) in [6.45, 7) is 4.56. The van der Waals surface area contributed by atoms with Gasteiger partial charge in [-0.25, -0.2) is 9.07 Å². The summed E-state index contributed by atoms with van der Waals surface area (Å²) in [6.07, 6.45) is -0.0947. The molecule has 23 heavy (non-hydrogen) atoms. The molecule has 1 heterocycles. The second kappa shape index (κ2) is 7.57. The van der Waals surface area contributed by atoms with Crippen LogP contribution in [0.1, 0.15) is 36.3 Å². The molecule has 0 saturated carbocycles. The van der Waals surface area contributed by atoms with E-state index in [1.807, 2.05) is 20.9 Å². The lowest BCUT2D eigenvalue weighted by molar-refractivity contribution is 0.153. The predicted octanol–water partition coefficient (Wildman–Crippen LogP) is 2.48. The van der Waals surface area contributed by atoms with Crippen molar-refractivity contribution in [2.75, 3.05) is 7.11 Å². The summed E-state index contributed by atoms with van der Waals surface area (Å²) in [5, 5.41) is 18.0. The monoisotopic (exact) mass is 321 g/mol. The van der Waals surface area contributed by atoms with Crippen LogP contribution in [-0.2, 0) is 13.6 Å². The minimum atomic E-state index is -0.630. The molecule has 0 aliphatic heterocycles. The first kappa shape index (κ1) is 17.4. The second-order valence-electron chi connectivity index (χ2n) is 5.78. The molecule has 2 aromatic rings. The second-order valence-corrected chi connectivity index (χ2v) is 5.78. The van der Waals surface area contributed by atoms with E-state index in [1.54, 1.807) is 23.9 Å². The van der Waals surface area contributed by atoms with Crippen LogP contribution < -0.4 is 10.1 Å². The molecule has 0 bridgehead atoms. The highest BCUT2D eigenvalue weighted by molar-refractivity contribution is 5.30. The topological polar surface area (TPSA) is 59.3 Å². The average molecular weight is 321 g/mol. The summed E-state index contributed by atoms with van der Waals surface area (Å²) in [6, 6.07) is 6.03. The number of aliphatic hydroxyl groups excluding tert-OH is 1. The predicted molar refractivity (Wildman–Crippen MR) is 86.8 cm³/mol. The van der Waals surface area contributed by atoms with Crippen LogP contribution in [-0.4, -0.2) is 28.0 Å². The van der Waals surface area contributed by atoms with Crippen LogP contribution in [0.15, 0.2) is 24.3 Å². The zero-order valence-electron chi connectivity index (χ0n) is 14.0. The molecule has 0 spiro atoms. The Balaban J connectivity index is 1.92. The molecular formula is C17H24FN3O2. The maximum atomic E-state index is 12.9. The molecule has 0 aliphatic rings. The van der Waals surface area contributed by atoms with Crippen molar-refractivity contribution < 1.29 is 14.2 Å². The number of nitrogens with one attached hydrogen (secondary N) is 1. The summed E-state index contributed by atoms with van der Waals surface area (Å²) in [7, 11) is 3.47. The Morgan fingerprint density at radius 3 is 2.61 bits per heavy atom. The third-order valence-electron chi connectivity index (χ3n) is 3.94. The van der Waals surface area contributed by atoms with Gasteiger partial charge >= 0.3 is 0 Å². The van der Waals surface area contributed by atoms with Gasteiger partial charge in [-0.15, -0.1) is 0 Å². The van der Waals surface area contributed by atoms with Crippen LogP contribution in [0.3, 0.4) is 0 Å². The van der Waals surface area contributed by atoms with Crippen LogP contribution in [0.2, 0.25) is 0 Å². The molecular weight excluding hydrogens is 297 g/mol. The summed E-state index contributed by atoms with van der Waals surface area (Å²) in [5.74, 6) is 0.438. The van der Waals surface area contributed by atoms with Crippen molar-refractivity contribution in [2.24, 2.45) is 7.05 Å². The third kappa shape index (κ3) is 4.30. The van der Waals surface area contributed by atoms with Crippen molar-refractivity contribution in [3.63, 3.8) is 0 Å². The molecule has 1 aromatic carbocycles. The zero-order chi connectivity index (χ0) is 17.0. The maximum absolute atomic E-state index is 12.9. The van der Waals surface area contributed by atoms with Gasteiger partial charge < -0.3 is 15.2 Å². The van der Waals surface area contributed by atoms with Gasteiger partial charge in [-0.05, 0) is 38.0 Å². The SMILES string of the molecule is COc1c(CNC(C)CC(O)c2ccc(F)cc2)c(C)nn1C. The molecule has 2 rings (SSSR count). The average Bonchev–Trinajstić information content (AvgIpc) is 2.78. The number of aliphatic hydroxyl groups is 1. The Hall–Kier alpha value is -1.92. The standard InChI is InChI=1S/C17H24FN3O2/c1-11(9-16(22)13-5-7-14(18)8-6-13)19-10-15-12(2)20-21(3)17(15)23-4/h5-8,11,16,19,22H,9-10H2,1-4H3. The number of hydrogen-bond acceptors (Lipinski definition) is 4. The number of hydrogen-bond donors (Lipinski definition) is 2. The first-order valence-electron chi connectivity index (χ1n) is 7.65. The molecule has 2 unspecified atom stereocenters. The normalized spacial score (nSPS) is 13.8. The number of nitrogens with zero attached hydrogens (tertiary/aromatic N) is 2. The smallest absolute Gasteiger partial charge is 0.216 e. The van der Waals surface area contributed by atoms with E-state index in [1.165, 1.54) is 12.1 Å². The van der Waals surface area contributed by atoms with Crippen LogP contribution in [0, 0.1) is 12.7 Å². The molecule has 1 aromatic heterocycles. The van der Waals surface area contributed by atoms with Crippen molar-refractivity contribution in [1.82, 2.24) is 15.1 Å². The largest absolute Gasteiger partial charge is 0.481 e. The van der Waals surface area contributed by atoms with Crippen molar-refractivity contribution >= 4 is 0 Å². The highest BCUT2D eigenvalue weighted by Gasteiger charge is 2.16. The van der Waals surface area contributed by atoms with Crippen molar-refractivity contribution in [3.8, 4) is 5.88 Å². The zero-order valence-corrected chi connectivity index (χ0v) is 14.0. The number of aryl methyl sites for hydroxylation is 2. The minimum absolute atomic E-state index is 0.0827. The lowest BCUT2D eigenvalue weighted by Crippen LogP contribution is -2.27. The fraction of sp³-hybridized carbons (Fsp3) is 0.471. The van der Waals surface area contributed by atoms with Crippen LogP contribution >= 0.6 is 0 Å². The number of aromatic nitrogens is 2. The number of methoxy groups -OCH3 is 1. The van der Waals surface area contributed by atoms with Crippen LogP contribution in [0.25, 0.3) is 0 Å². The lowest BCUT2D eigenvalue weighted by Gasteiger charge is -2.18. The number of halogens is 1. The summed E-state index contributed by atoms with van der Waals surface area (Å²) in [4.78, 5) is 0. The Labute approximate surface area is 136 Å². The van der Waals surface area contributed by atoms with Crippen molar-refractivity contribution in [2.45, 2.75) is 39.0 Å². The molecule has 6 heteroatoms. The van der Waals surface area contributed by atoms with Crippen molar-refractivity contribution in [1.29, 1.82) is 0 Å². The van der Waals surface area contributed by atoms with E-state index in [0.717, 1.165) is 22.7 Å². The van der Waals surface area contributed by atoms with E-state index in [9.17, 15) is 9.50 Å². The van der Waals surface area contributed by atoms with Crippen molar-refractivity contribution in [3.05, 3.63) is 46.9 Å². The Morgan fingerprint density at radius 1 is 1.35 bits per heavy atom. The van der Waals surface area contributed by atoms with Gasteiger partial charge in [-0.1, -0.05) is 12.1 Å². The Kier molecular flexibility index (Phi) is 5.74. The van der Waals surface area contributed by atoms with E-state index in [-0.39, 0.29) is 11.9 Å². The van der Waals surface area contributed by atoms with E-state index in [0.29, 0.717) is 13.0 Å². The first-order chi connectivity index (χ1) is 10.9. The highest BCUT2D eigenvalue weighted by Crippen LogP contribution is 2.22. The van der Waals surface area contributed by atoms with Gasteiger partial charge in [0.25, 0.3) is 0 Å². The maximum Gasteiger partial charge on any atom is 0.216 e. The fourth-order valence-electron chi connectivity index (χ4n) is 2.66. The third-order valence-corrected chi connectivity index (χ3v) is 3.94. The number of ether oxygens (including phenoxy) is 1. The Bertz CT molecular complexity index is 640. The highest BCUT2D eigenvalue weighted by atomic mass is 19.1. The molecule has 0 radical (unpaired) electrons. The lowest BCUT2D eigenvalue weighted by atomic mass is 10.0. The Morgan fingerprint density at radius 2 is 2.00 bits per heavy atom. The summed E-state index contributed by atoms with van der Waals surface area (Å²) < 4.78 is 20.0. The summed E-state index contributed by atoms with van der Waals surface area (Å²) in [5.41, 5.74) is 2.65. The molecule has 2 N–H and O–H groups in total. The number of rotatable bonds is 7. The van der Waals surface area contributed by atoms with E-state index < -0.39 is 6.10 Å². The molecule has 5 nitrogen and oxygen atoms in total. The van der Waals surface area contributed by atoms with Gasteiger partial charge in [0.1, 0.15) is 5.82 Å². The molecule has 0 saturated heterocycles. The fourth-order valence-corrected chi connectivity index (χ4v) is 2.66. The molecule has 126 valence electrons. The van der Waals surface area contributed by atoms with Gasteiger partial charge in [-0.3, -0.25) is 0 Å². The van der Waals surface area contributed by atoms with Gasteiger partial charge in [-0.2, -0.15) is 5.10 Å². The quantitative estimate of drug-likeness (QED) is 0.822. The molecule has 0 fully saturated rings. The van der Waals surface area contributed by atoms with Crippen LogP contribution in [0.4, 0.5) is 4.39 Å². The van der Waals surface area contributed by atoms with E-state index >= 15 is 0 Å². The molecule has 0 amide bonds. The first-order valence-corrected chi connectivity index (χ1v) is 7.65. The van der Waals surface area contributed by atoms with Gasteiger partial charge in [0.05, 0.1) is 24.5 Å². The van der Waals surface area contributed by atoms with E-state index in [2.05, 4.69) is 10.4 Å². The molecule has 0 aliphatic carbocycles. The van der Waals surface area contributed by atoms with Crippen LogP contribution in [0.5, 0.6) is 5.88 Å². The minimum Gasteiger partial charge on any atom is -0.481 e. The van der Waals surface area contributed by atoms with Gasteiger partial charge in [0, 0.05) is 19.6 Å². The number of benzene rings is 1. The van der Waals surface area contributed by atoms with Gasteiger partial charge in [0.2, 0.25) is 5.88 Å². The van der Waals surface area contributed by atoms with E-state index in [4.69, 9.17) is 4.74 Å². The summed E-state index contributed by atoms with van der Waals surface area (Å²) >= 11 is 0. The molecule has 2 atom stereocenters. The van der Waals surface area contributed by atoms with Gasteiger partial charge in [0.15, 0.2) is 0 Å².